The Balaban J connectivity index is 1.21. The monoisotopic (exact) mass is 399 g/mol. The third-order valence-electron chi connectivity index (χ3n) is 6.63. The molecule has 4 saturated carbocycles. The van der Waals surface area contributed by atoms with Crippen LogP contribution in [0.2, 0.25) is 0 Å². The van der Waals surface area contributed by atoms with Gasteiger partial charge in [-0.05, 0) is 80.9 Å². The molecular formula is C21H25N3OS2. The number of aromatic nitrogens is 2. The number of Topliss-reactive ketones (excluding diaryl/α,β-unsaturated/α-hetero) is 1. The van der Waals surface area contributed by atoms with Gasteiger partial charge in [0.1, 0.15) is 5.78 Å². The number of aryl methyl sites for hydroxylation is 1. The van der Waals surface area contributed by atoms with Gasteiger partial charge in [0.2, 0.25) is 5.13 Å². The molecule has 4 aliphatic carbocycles. The van der Waals surface area contributed by atoms with Crippen molar-refractivity contribution in [3.63, 3.8) is 0 Å². The Morgan fingerprint density at radius 3 is 2.56 bits per heavy atom. The fourth-order valence-corrected chi connectivity index (χ4v) is 7.70. The molecule has 1 aromatic carbocycles. The first-order valence-corrected chi connectivity index (χ1v) is 11.7. The number of carbonyl (C=O) groups excluding carboxylic acids is 1. The van der Waals surface area contributed by atoms with Crippen LogP contribution in [0, 0.1) is 30.1 Å². The molecule has 0 amide bonds. The van der Waals surface area contributed by atoms with E-state index < -0.39 is 0 Å². The van der Waals surface area contributed by atoms with Gasteiger partial charge in [0.25, 0.3) is 0 Å². The average Bonchev–Trinajstić information content (AvgIpc) is 3.06. The lowest BCUT2D eigenvalue weighted by molar-refractivity contribution is -0.141. The number of hydrogen-bond donors (Lipinski definition) is 1. The zero-order valence-electron chi connectivity index (χ0n) is 15.6. The summed E-state index contributed by atoms with van der Waals surface area (Å²) in [5.41, 5.74) is 2.22. The maximum Gasteiger partial charge on any atom is 0.210 e. The number of nitrogens with one attached hydrogen (secondary N) is 1. The standard InChI is InChI=1S/C21H25N3OS2/c1-13-3-2-4-17(5-13)22-19-23-24-20(27-19)26-12-18(25)21-9-14-6-15(10-21)8-16(7-14)11-21/h2-5,14-16H,6-12H2,1H3,(H,22,23). The lowest BCUT2D eigenvalue weighted by atomic mass is 9.48. The van der Waals surface area contributed by atoms with Crippen LogP contribution in [0.1, 0.15) is 44.1 Å². The number of thioether (sulfide) groups is 1. The van der Waals surface area contributed by atoms with Crippen molar-refractivity contribution in [1.82, 2.24) is 10.2 Å². The van der Waals surface area contributed by atoms with E-state index in [0.29, 0.717) is 11.5 Å². The summed E-state index contributed by atoms with van der Waals surface area (Å²) in [6, 6.07) is 8.21. The third-order valence-corrected chi connectivity index (χ3v) is 8.60. The van der Waals surface area contributed by atoms with E-state index in [1.807, 2.05) is 12.1 Å². The number of carbonyl (C=O) groups is 1. The highest BCUT2D eigenvalue weighted by Gasteiger charge is 2.54. The number of benzene rings is 1. The largest absolute Gasteiger partial charge is 0.330 e. The van der Waals surface area contributed by atoms with E-state index in [2.05, 4.69) is 34.6 Å². The number of nitrogens with zero attached hydrogens (tertiary/aromatic N) is 2. The van der Waals surface area contributed by atoms with E-state index >= 15 is 0 Å². The smallest absolute Gasteiger partial charge is 0.210 e. The summed E-state index contributed by atoms with van der Waals surface area (Å²) in [6.07, 6.45) is 7.58. The Hall–Kier alpha value is -1.40. The Morgan fingerprint density at radius 2 is 1.89 bits per heavy atom. The van der Waals surface area contributed by atoms with Crippen LogP contribution >= 0.6 is 23.1 Å². The first kappa shape index (κ1) is 17.7. The Labute approximate surface area is 168 Å². The van der Waals surface area contributed by atoms with E-state index in [1.165, 1.54) is 36.2 Å². The Bertz CT molecular complexity index is 827. The molecular weight excluding hydrogens is 374 g/mol. The summed E-state index contributed by atoms with van der Waals surface area (Å²) in [7, 11) is 0. The Morgan fingerprint density at radius 1 is 1.19 bits per heavy atom. The molecule has 4 bridgehead atoms. The van der Waals surface area contributed by atoms with Crippen LogP contribution in [0.5, 0.6) is 0 Å². The van der Waals surface area contributed by atoms with Gasteiger partial charge in [0, 0.05) is 11.1 Å². The van der Waals surface area contributed by atoms with E-state index in [4.69, 9.17) is 0 Å². The van der Waals surface area contributed by atoms with Gasteiger partial charge >= 0.3 is 0 Å². The molecule has 2 aromatic rings. The molecule has 0 radical (unpaired) electrons. The number of anilines is 2. The minimum absolute atomic E-state index is 0.00488. The van der Waals surface area contributed by atoms with E-state index in [-0.39, 0.29) is 5.41 Å². The van der Waals surface area contributed by atoms with Crippen LogP contribution in [0.3, 0.4) is 0 Å². The van der Waals surface area contributed by atoms with Gasteiger partial charge in [-0.3, -0.25) is 4.79 Å². The van der Waals surface area contributed by atoms with Crippen molar-refractivity contribution < 1.29 is 4.79 Å². The van der Waals surface area contributed by atoms with Gasteiger partial charge in [0.05, 0.1) is 5.75 Å². The molecule has 4 fully saturated rings. The summed E-state index contributed by atoms with van der Waals surface area (Å²) in [5, 5.41) is 12.6. The van der Waals surface area contributed by atoms with Gasteiger partial charge in [-0.25, -0.2) is 0 Å². The highest BCUT2D eigenvalue weighted by atomic mass is 32.2. The van der Waals surface area contributed by atoms with Crippen molar-refractivity contribution in [1.29, 1.82) is 0 Å². The normalized spacial score (nSPS) is 31.2. The topological polar surface area (TPSA) is 54.9 Å². The van der Waals surface area contributed by atoms with Crippen molar-refractivity contribution in [2.24, 2.45) is 23.2 Å². The van der Waals surface area contributed by atoms with E-state index in [0.717, 1.165) is 52.2 Å². The highest BCUT2D eigenvalue weighted by molar-refractivity contribution is 8.01. The molecule has 0 spiro atoms. The Kier molecular flexibility index (Phi) is 4.51. The molecule has 4 aliphatic rings. The molecule has 0 unspecified atom stereocenters. The SMILES string of the molecule is Cc1cccc(Nc2nnc(SCC(=O)C34CC5CC(CC(C5)C3)C4)s2)c1. The quantitative estimate of drug-likeness (QED) is 0.653. The van der Waals surface area contributed by atoms with Crippen LogP contribution in [0.25, 0.3) is 0 Å². The molecule has 142 valence electrons. The number of hydrogen-bond acceptors (Lipinski definition) is 6. The van der Waals surface area contributed by atoms with Crippen molar-refractivity contribution in [3.8, 4) is 0 Å². The molecule has 0 saturated heterocycles. The molecule has 1 aromatic heterocycles. The maximum absolute atomic E-state index is 13.1. The van der Waals surface area contributed by atoms with Crippen molar-refractivity contribution >= 4 is 39.7 Å². The fourth-order valence-electron chi connectivity index (χ4n) is 5.90. The summed E-state index contributed by atoms with van der Waals surface area (Å²) in [6.45, 7) is 2.07. The average molecular weight is 400 g/mol. The lowest BCUT2D eigenvalue weighted by Gasteiger charge is -2.56. The zero-order valence-corrected chi connectivity index (χ0v) is 17.2. The summed E-state index contributed by atoms with van der Waals surface area (Å²) >= 11 is 3.10. The van der Waals surface area contributed by atoms with E-state index in [1.54, 1.807) is 11.8 Å². The molecule has 27 heavy (non-hydrogen) atoms. The van der Waals surface area contributed by atoms with Gasteiger partial charge in [0.15, 0.2) is 4.34 Å². The second-order valence-electron chi connectivity index (χ2n) is 8.78. The van der Waals surface area contributed by atoms with Crippen LogP contribution in [0.4, 0.5) is 10.8 Å². The molecule has 1 N–H and O–H groups in total. The zero-order chi connectivity index (χ0) is 18.4. The number of rotatable bonds is 6. The van der Waals surface area contributed by atoms with Crippen LogP contribution in [-0.2, 0) is 4.79 Å². The highest BCUT2D eigenvalue weighted by Crippen LogP contribution is 2.60. The summed E-state index contributed by atoms with van der Waals surface area (Å²) < 4.78 is 0.878. The molecule has 0 atom stereocenters. The first-order chi connectivity index (χ1) is 13.1. The number of ketones is 1. The first-order valence-electron chi connectivity index (χ1n) is 9.91. The fraction of sp³-hybridized carbons (Fsp3) is 0.571. The van der Waals surface area contributed by atoms with Crippen molar-refractivity contribution in [3.05, 3.63) is 29.8 Å². The van der Waals surface area contributed by atoms with Crippen LogP contribution in [-0.4, -0.2) is 21.7 Å². The van der Waals surface area contributed by atoms with Gasteiger partial charge in [-0.2, -0.15) is 0 Å². The van der Waals surface area contributed by atoms with Crippen LogP contribution < -0.4 is 5.32 Å². The van der Waals surface area contributed by atoms with Gasteiger partial charge in [-0.1, -0.05) is 35.2 Å². The van der Waals surface area contributed by atoms with Gasteiger partial charge < -0.3 is 5.32 Å². The third kappa shape index (κ3) is 3.54. The molecule has 6 rings (SSSR count). The van der Waals surface area contributed by atoms with E-state index in [9.17, 15) is 4.79 Å². The minimum Gasteiger partial charge on any atom is -0.330 e. The summed E-state index contributed by atoms with van der Waals surface area (Å²) in [4.78, 5) is 13.1. The van der Waals surface area contributed by atoms with Crippen LogP contribution in [0.15, 0.2) is 28.6 Å². The minimum atomic E-state index is -0.00488. The molecule has 0 aliphatic heterocycles. The lowest BCUT2D eigenvalue weighted by Crippen LogP contribution is -2.50. The summed E-state index contributed by atoms with van der Waals surface area (Å²) in [5.74, 6) is 3.46. The second kappa shape index (κ2) is 6.89. The molecule has 4 nitrogen and oxygen atoms in total. The van der Waals surface area contributed by atoms with Crippen molar-refractivity contribution in [2.45, 2.75) is 49.8 Å². The molecule has 1 heterocycles. The predicted octanol–water partition coefficient (Wildman–Crippen LogP) is 5.47. The maximum atomic E-state index is 13.1. The van der Waals surface area contributed by atoms with Gasteiger partial charge in [-0.15, -0.1) is 10.2 Å². The molecule has 6 heteroatoms. The predicted molar refractivity (Wildman–Crippen MR) is 111 cm³/mol. The van der Waals surface area contributed by atoms with Crippen molar-refractivity contribution in [2.75, 3.05) is 11.1 Å². The second-order valence-corrected chi connectivity index (χ2v) is 11.0.